The van der Waals surface area contributed by atoms with Crippen LogP contribution in [-0.2, 0) is 11.2 Å². The molecule has 2 heterocycles. The van der Waals surface area contributed by atoms with Gasteiger partial charge in [-0.3, -0.25) is 4.98 Å². The molecule has 0 bridgehead atoms. The van der Waals surface area contributed by atoms with Gasteiger partial charge in [0, 0.05) is 31.6 Å². The lowest BCUT2D eigenvalue weighted by molar-refractivity contribution is 0.0605. The van der Waals surface area contributed by atoms with Gasteiger partial charge in [0.15, 0.2) is 0 Å². The molecule has 0 amide bonds. The summed E-state index contributed by atoms with van der Waals surface area (Å²) < 4.78 is 5.42. The van der Waals surface area contributed by atoms with Crippen molar-refractivity contribution in [1.82, 2.24) is 10.3 Å². The Morgan fingerprint density at radius 3 is 2.72 bits per heavy atom. The standard InChI is InChI=1S/C15H24N2O/c1-16-15(12-14-6-10-18-11-7-14)3-2-13-4-8-17-9-5-13/h4-5,8-9,14-16H,2-3,6-7,10-12H2,1H3. The van der Waals surface area contributed by atoms with Crippen molar-refractivity contribution < 1.29 is 4.74 Å². The summed E-state index contributed by atoms with van der Waals surface area (Å²) in [5, 5.41) is 3.46. The second kappa shape index (κ2) is 7.49. The van der Waals surface area contributed by atoms with Gasteiger partial charge in [-0.25, -0.2) is 0 Å². The summed E-state index contributed by atoms with van der Waals surface area (Å²) in [7, 11) is 2.08. The number of nitrogens with zero attached hydrogens (tertiary/aromatic N) is 1. The summed E-state index contributed by atoms with van der Waals surface area (Å²) in [4.78, 5) is 4.06. The van der Waals surface area contributed by atoms with Crippen LogP contribution in [0.4, 0.5) is 0 Å². The lowest BCUT2D eigenvalue weighted by atomic mass is 9.90. The molecule has 3 nitrogen and oxygen atoms in total. The van der Waals surface area contributed by atoms with E-state index in [1.165, 1.54) is 31.2 Å². The summed E-state index contributed by atoms with van der Waals surface area (Å²) in [5.41, 5.74) is 1.39. The van der Waals surface area contributed by atoms with Crippen molar-refractivity contribution in [2.45, 2.75) is 38.1 Å². The Morgan fingerprint density at radius 1 is 1.33 bits per heavy atom. The summed E-state index contributed by atoms with van der Waals surface area (Å²) in [6.07, 6.45) is 9.84. The first kappa shape index (κ1) is 13.5. The molecule has 1 aliphatic heterocycles. The minimum Gasteiger partial charge on any atom is -0.381 e. The number of nitrogens with one attached hydrogen (secondary N) is 1. The number of aryl methyl sites for hydroxylation is 1. The van der Waals surface area contributed by atoms with Crippen LogP contribution in [0.5, 0.6) is 0 Å². The van der Waals surface area contributed by atoms with E-state index >= 15 is 0 Å². The molecule has 3 heteroatoms. The van der Waals surface area contributed by atoms with Crippen molar-refractivity contribution >= 4 is 0 Å². The fraction of sp³-hybridized carbons (Fsp3) is 0.667. The van der Waals surface area contributed by atoms with Crippen LogP contribution in [-0.4, -0.2) is 31.3 Å². The molecule has 0 aliphatic carbocycles. The zero-order valence-electron chi connectivity index (χ0n) is 11.3. The van der Waals surface area contributed by atoms with Gasteiger partial charge >= 0.3 is 0 Å². The summed E-state index contributed by atoms with van der Waals surface area (Å²) in [6, 6.07) is 4.85. The maximum Gasteiger partial charge on any atom is 0.0468 e. The number of ether oxygens (including phenoxy) is 1. The molecule has 2 rings (SSSR count). The first-order valence-electron chi connectivity index (χ1n) is 7.02. The van der Waals surface area contributed by atoms with Gasteiger partial charge in [0.25, 0.3) is 0 Å². The molecule has 100 valence electrons. The van der Waals surface area contributed by atoms with E-state index in [1.807, 2.05) is 12.4 Å². The Kier molecular flexibility index (Phi) is 5.62. The third-order valence-corrected chi connectivity index (χ3v) is 3.90. The van der Waals surface area contributed by atoms with Crippen molar-refractivity contribution in [1.29, 1.82) is 0 Å². The highest BCUT2D eigenvalue weighted by molar-refractivity contribution is 5.09. The maximum absolute atomic E-state index is 5.42. The topological polar surface area (TPSA) is 34.2 Å². The molecule has 0 radical (unpaired) electrons. The molecule has 1 atom stereocenters. The Bertz CT molecular complexity index is 323. The molecule has 0 saturated carbocycles. The van der Waals surface area contributed by atoms with E-state index < -0.39 is 0 Å². The van der Waals surface area contributed by atoms with Crippen LogP contribution in [0.1, 0.15) is 31.2 Å². The minimum absolute atomic E-state index is 0.626. The zero-order valence-corrected chi connectivity index (χ0v) is 11.3. The van der Waals surface area contributed by atoms with Crippen molar-refractivity contribution in [2.24, 2.45) is 5.92 Å². The van der Waals surface area contributed by atoms with Gasteiger partial charge in [0.05, 0.1) is 0 Å². The first-order valence-corrected chi connectivity index (χ1v) is 7.02. The lowest BCUT2D eigenvalue weighted by Crippen LogP contribution is -2.30. The fourth-order valence-corrected chi connectivity index (χ4v) is 2.65. The average Bonchev–Trinajstić information content (AvgIpc) is 2.45. The Morgan fingerprint density at radius 2 is 2.06 bits per heavy atom. The molecule has 0 aromatic carbocycles. The zero-order chi connectivity index (χ0) is 12.6. The third kappa shape index (κ3) is 4.39. The van der Waals surface area contributed by atoms with E-state index in [1.54, 1.807) is 0 Å². The van der Waals surface area contributed by atoms with E-state index in [0.29, 0.717) is 6.04 Å². The van der Waals surface area contributed by atoms with Crippen LogP contribution in [0.3, 0.4) is 0 Å². The van der Waals surface area contributed by atoms with Gasteiger partial charge < -0.3 is 10.1 Å². The fourth-order valence-electron chi connectivity index (χ4n) is 2.65. The highest BCUT2D eigenvalue weighted by Crippen LogP contribution is 2.21. The van der Waals surface area contributed by atoms with E-state index in [2.05, 4.69) is 29.5 Å². The Hall–Kier alpha value is -0.930. The molecular weight excluding hydrogens is 224 g/mol. The van der Waals surface area contributed by atoms with Crippen LogP contribution in [0.15, 0.2) is 24.5 Å². The monoisotopic (exact) mass is 248 g/mol. The largest absolute Gasteiger partial charge is 0.381 e. The SMILES string of the molecule is CNC(CCc1ccncc1)CC1CCOCC1. The minimum atomic E-state index is 0.626. The highest BCUT2D eigenvalue weighted by atomic mass is 16.5. The number of aromatic nitrogens is 1. The van der Waals surface area contributed by atoms with Gasteiger partial charge in [0.2, 0.25) is 0 Å². The maximum atomic E-state index is 5.42. The van der Waals surface area contributed by atoms with Gasteiger partial charge in [-0.05, 0) is 62.8 Å². The van der Waals surface area contributed by atoms with Crippen molar-refractivity contribution in [3.8, 4) is 0 Å². The molecule has 18 heavy (non-hydrogen) atoms. The van der Waals surface area contributed by atoms with Crippen LogP contribution in [0.2, 0.25) is 0 Å². The van der Waals surface area contributed by atoms with Crippen molar-refractivity contribution in [2.75, 3.05) is 20.3 Å². The molecule has 1 N–H and O–H groups in total. The Labute approximate surface area is 110 Å². The van der Waals surface area contributed by atoms with E-state index in [9.17, 15) is 0 Å². The predicted octanol–water partition coefficient (Wildman–Crippen LogP) is 2.42. The summed E-state index contributed by atoms with van der Waals surface area (Å²) >= 11 is 0. The molecule has 1 aliphatic rings. The van der Waals surface area contributed by atoms with E-state index in [0.717, 1.165) is 25.6 Å². The number of rotatable bonds is 6. The molecule has 0 spiro atoms. The molecule has 1 fully saturated rings. The normalized spacial score (nSPS) is 18.7. The van der Waals surface area contributed by atoms with Gasteiger partial charge in [-0.1, -0.05) is 0 Å². The second-order valence-electron chi connectivity index (χ2n) is 5.17. The Balaban J connectivity index is 1.74. The summed E-state index contributed by atoms with van der Waals surface area (Å²) in [6.45, 7) is 1.90. The highest BCUT2D eigenvalue weighted by Gasteiger charge is 2.18. The molecule has 1 aromatic heterocycles. The quantitative estimate of drug-likeness (QED) is 0.839. The lowest BCUT2D eigenvalue weighted by Gasteiger charge is -2.26. The first-order chi connectivity index (χ1) is 8.88. The number of hydrogen-bond acceptors (Lipinski definition) is 3. The third-order valence-electron chi connectivity index (χ3n) is 3.90. The van der Waals surface area contributed by atoms with Crippen molar-refractivity contribution in [3.05, 3.63) is 30.1 Å². The summed E-state index contributed by atoms with van der Waals surface area (Å²) in [5.74, 6) is 0.841. The predicted molar refractivity (Wildman–Crippen MR) is 73.6 cm³/mol. The number of pyridine rings is 1. The molecule has 1 aromatic rings. The van der Waals surface area contributed by atoms with E-state index in [4.69, 9.17) is 4.74 Å². The molecule has 1 saturated heterocycles. The van der Waals surface area contributed by atoms with Crippen LogP contribution >= 0.6 is 0 Å². The van der Waals surface area contributed by atoms with Gasteiger partial charge in [0.1, 0.15) is 0 Å². The molecule has 1 unspecified atom stereocenters. The second-order valence-corrected chi connectivity index (χ2v) is 5.17. The van der Waals surface area contributed by atoms with E-state index in [-0.39, 0.29) is 0 Å². The van der Waals surface area contributed by atoms with Crippen LogP contribution in [0, 0.1) is 5.92 Å². The smallest absolute Gasteiger partial charge is 0.0468 e. The van der Waals surface area contributed by atoms with Crippen molar-refractivity contribution in [3.63, 3.8) is 0 Å². The number of hydrogen-bond donors (Lipinski definition) is 1. The average molecular weight is 248 g/mol. The van der Waals surface area contributed by atoms with Gasteiger partial charge in [-0.15, -0.1) is 0 Å². The van der Waals surface area contributed by atoms with Crippen LogP contribution in [0.25, 0.3) is 0 Å². The molecular formula is C15H24N2O. The van der Waals surface area contributed by atoms with Crippen LogP contribution < -0.4 is 5.32 Å². The van der Waals surface area contributed by atoms with Gasteiger partial charge in [-0.2, -0.15) is 0 Å².